The molecule has 1 aliphatic rings. The Morgan fingerprint density at radius 1 is 1.03 bits per heavy atom. The number of carboxylic acid groups (broad SMARTS) is 1. The average Bonchev–Trinajstić information content (AvgIpc) is 3.12. The molecule has 1 aliphatic heterocycles. The highest BCUT2D eigenvalue weighted by Crippen LogP contribution is 2.23. The van der Waals surface area contributed by atoms with Crippen molar-refractivity contribution in [3.8, 4) is 0 Å². The lowest BCUT2D eigenvalue weighted by molar-refractivity contribution is -0.137. The highest BCUT2D eigenvalue weighted by atomic mass is 16.4. The maximum atomic E-state index is 12.7. The number of aliphatic carboxylic acids is 1. The molecule has 0 saturated carbocycles. The molecule has 0 radical (unpaired) electrons. The van der Waals surface area contributed by atoms with E-state index in [0.29, 0.717) is 24.3 Å². The minimum absolute atomic E-state index is 0.101. The molecule has 1 heterocycles. The van der Waals surface area contributed by atoms with Crippen LogP contribution in [0.4, 0.5) is 10.5 Å². The van der Waals surface area contributed by atoms with Gasteiger partial charge in [-0.1, -0.05) is 24.3 Å². The van der Waals surface area contributed by atoms with E-state index >= 15 is 0 Å². The van der Waals surface area contributed by atoms with Gasteiger partial charge >= 0.3 is 12.0 Å². The van der Waals surface area contributed by atoms with Crippen molar-refractivity contribution in [2.24, 2.45) is 0 Å². The summed E-state index contributed by atoms with van der Waals surface area (Å²) in [4.78, 5) is 39.3. The fourth-order valence-corrected chi connectivity index (χ4v) is 3.35. The van der Waals surface area contributed by atoms with E-state index in [9.17, 15) is 14.4 Å². The first-order chi connectivity index (χ1) is 13.8. The van der Waals surface area contributed by atoms with Crippen LogP contribution in [0, 0.1) is 0 Å². The summed E-state index contributed by atoms with van der Waals surface area (Å²) in [7, 11) is 0. The topological polar surface area (TPSA) is 90.0 Å². The number of hydrogen-bond acceptors (Lipinski definition) is 3. The lowest BCUT2D eigenvalue weighted by Gasteiger charge is -2.26. The Morgan fingerprint density at radius 2 is 1.62 bits per heavy atom. The highest BCUT2D eigenvalue weighted by Gasteiger charge is 2.23. The minimum Gasteiger partial charge on any atom is -0.481 e. The number of hydrogen-bond donors (Lipinski definition) is 2. The Kier molecular flexibility index (Phi) is 6.16. The van der Waals surface area contributed by atoms with E-state index in [0.717, 1.165) is 11.1 Å². The van der Waals surface area contributed by atoms with Crippen molar-refractivity contribution in [3.05, 3.63) is 65.2 Å². The molecule has 152 valence electrons. The Morgan fingerprint density at radius 3 is 2.14 bits per heavy atom. The molecule has 2 aromatic rings. The van der Waals surface area contributed by atoms with Crippen LogP contribution in [0.5, 0.6) is 0 Å². The lowest BCUT2D eigenvalue weighted by atomic mass is 10.1. The third kappa shape index (κ3) is 4.93. The normalized spacial score (nSPS) is 12.6. The molecule has 0 saturated heterocycles. The van der Waals surface area contributed by atoms with Crippen molar-refractivity contribution >= 4 is 23.6 Å². The molecule has 3 amide bonds. The third-order valence-electron chi connectivity index (χ3n) is 4.96. The number of amides is 3. The van der Waals surface area contributed by atoms with Crippen LogP contribution in [0.15, 0.2) is 48.5 Å². The molecule has 2 N–H and O–H groups in total. The summed E-state index contributed by atoms with van der Waals surface area (Å²) in [5, 5.41) is 11.7. The Bertz CT molecular complexity index is 884. The lowest BCUT2D eigenvalue weighted by Crippen LogP contribution is -2.38. The van der Waals surface area contributed by atoms with Gasteiger partial charge < -0.3 is 20.2 Å². The number of carbonyl (C=O) groups excluding carboxylic acids is 2. The molecule has 0 aliphatic carbocycles. The van der Waals surface area contributed by atoms with E-state index in [4.69, 9.17) is 5.11 Å². The van der Waals surface area contributed by atoms with Crippen LogP contribution in [0.25, 0.3) is 0 Å². The van der Waals surface area contributed by atoms with E-state index in [1.807, 2.05) is 38.1 Å². The van der Waals surface area contributed by atoms with E-state index in [-0.39, 0.29) is 30.9 Å². The number of carboxylic acids is 1. The number of carbonyl (C=O) groups is 3. The van der Waals surface area contributed by atoms with Gasteiger partial charge in [0, 0.05) is 36.9 Å². The zero-order valence-corrected chi connectivity index (χ0v) is 16.6. The molecule has 0 spiro atoms. The quantitative estimate of drug-likeness (QED) is 0.783. The number of nitrogens with one attached hydrogen (secondary N) is 1. The second-order valence-electron chi connectivity index (χ2n) is 7.37. The van der Waals surface area contributed by atoms with Gasteiger partial charge in [0.25, 0.3) is 5.91 Å². The highest BCUT2D eigenvalue weighted by molar-refractivity contribution is 5.96. The van der Waals surface area contributed by atoms with Crippen molar-refractivity contribution in [3.63, 3.8) is 0 Å². The molecule has 29 heavy (non-hydrogen) atoms. The summed E-state index contributed by atoms with van der Waals surface area (Å²) in [6, 6.07) is 14.3. The van der Waals surface area contributed by atoms with Crippen LogP contribution in [0.3, 0.4) is 0 Å². The maximum absolute atomic E-state index is 12.7. The van der Waals surface area contributed by atoms with Crippen LogP contribution in [0.1, 0.15) is 41.8 Å². The molecule has 0 fully saturated rings. The Balaban J connectivity index is 1.61. The van der Waals surface area contributed by atoms with Gasteiger partial charge in [0.1, 0.15) is 0 Å². The van der Waals surface area contributed by atoms with Crippen LogP contribution in [-0.4, -0.2) is 45.4 Å². The first kappa shape index (κ1) is 20.4. The van der Waals surface area contributed by atoms with Gasteiger partial charge in [0.05, 0.1) is 6.42 Å². The van der Waals surface area contributed by atoms with Crippen LogP contribution in [-0.2, 0) is 17.9 Å². The van der Waals surface area contributed by atoms with E-state index in [1.54, 1.807) is 29.2 Å². The molecule has 2 aromatic carbocycles. The molecule has 7 heteroatoms. The summed E-state index contributed by atoms with van der Waals surface area (Å²) < 4.78 is 0. The standard InChI is InChI=1S/C22H25N3O4/c1-15(2)25(12-11-20(26)27)21(28)16-7-9-19(10-8-16)23-22(29)24-13-17-5-3-4-6-18(17)14-24/h3-10,15H,11-14H2,1-2H3,(H,23,29)(H,26,27). The Hall–Kier alpha value is -3.35. The molecule has 3 rings (SSSR count). The van der Waals surface area contributed by atoms with Crippen LogP contribution < -0.4 is 5.32 Å². The Labute approximate surface area is 169 Å². The van der Waals surface area contributed by atoms with Gasteiger partial charge in [-0.25, -0.2) is 4.79 Å². The number of benzene rings is 2. The van der Waals surface area contributed by atoms with Crippen LogP contribution in [0.2, 0.25) is 0 Å². The minimum atomic E-state index is -0.939. The second-order valence-corrected chi connectivity index (χ2v) is 7.37. The summed E-state index contributed by atoms with van der Waals surface area (Å²) in [6.45, 7) is 5.00. The monoisotopic (exact) mass is 395 g/mol. The van der Waals surface area contributed by atoms with Crippen molar-refractivity contribution in [2.75, 3.05) is 11.9 Å². The van der Waals surface area contributed by atoms with Crippen molar-refractivity contribution in [1.29, 1.82) is 0 Å². The fraction of sp³-hybridized carbons (Fsp3) is 0.318. The van der Waals surface area contributed by atoms with Gasteiger partial charge in [0.15, 0.2) is 0 Å². The van der Waals surface area contributed by atoms with E-state index in [2.05, 4.69) is 5.32 Å². The second kappa shape index (κ2) is 8.77. The van der Waals surface area contributed by atoms with E-state index < -0.39 is 5.97 Å². The molecule has 0 unspecified atom stereocenters. The summed E-state index contributed by atoms with van der Waals surface area (Å²) >= 11 is 0. The van der Waals surface area contributed by atoms with Gasteiger partial charge in [-0.05, 0) is 49.2 Å². The van der Waals surface area contributed by atoms with Gasteiger partial charge in [-0.2, -0.15) is 0 Å². The predicted molar refractivity (Wildman–Crippen MR) is 110 cm³/mol. The molecular formula is C22H25N3O4. The van der Waals surface area contributed by atoms with Crippen molar-refractivity contribution in [2.45, 2.75) is 39.4 Å². The molecule has 0 bridgehead atoms. The SMILES string of the molecule is CC(C)N(CCC(=O)O)C(=O)c1ccc(NC(=O)N2Cc3ccccc3C2)cc1. The molecule has 7 nitrogen and oxygen atoms in total. The fourth-order valence-electron chi connectivity index (χ4n) is 3.35. The zero-order chi connectivity index (χ0) is 21.0. The maximum Gasteiger partial charge on any atom is 0.322 e. The summed E-state index contributed by atoms with van der Waals surface area (Å²) in [6.07, 6.45) is -0.101. The average molecular weight is 395 g/mol. The summed E-state index contributed by atoms with van der Waals surface area (Å²) in [5.41, 5.74) is 3.36. The molecule has 0 aromatic heterocycles. The number of urea groups is 1. The predicted octanol–water partition coefficient (Wildman–Crippen LogP) is 3.56. The van der Waals surface area contributed by atoms with Gasteiger partial charge in [-0.15, -0.1) is 0 Å². The summed E-state index contributed by atoms with van der Waals surface area (Å²) in [5.74, 6) is -1.17. The number of anilines is 1. The largest absolute Gasteiger partial charge is 0.481 e. The van der Waals surface area contributed by atoms with Crippen molar-refractivity contribution < 1.29 is 19.5 Å². The first-order valence-corrected chi connectivity index (χ1v) is 9.60. The van der Waals surface area contributed by atoms with E-state index in [1.165, 1.54) is 4.90 Å². The number of nitrogens with zero attached hydrogens (tertiary/aromatic N) is 2. The van der Waals surface area contributed by atoms with Crippen molar-refractivity contribution in [1.82, 2.24) is 9.80 Å². The van der Waals surface area contributed by atoms with Crippen LogP contribution >= 0.6 is 0 Å². The number of rotatable bonds is 6. The van der Waals surface area contributed by atoms with Gasteiger partial charge in [0.2, 0.25) is 0 Å². The zero-order valence-electron chi connectivity index (χ0n) is 16.6. The molecule has 0 atom stereocenters. The first-order valence-electron chi connectivity index (χ1n) is 9.60. The third-order valence-corrected chi connectivity index (χ3v) is 4.96. The number of fused-ring (bicyclic) bond motifs is 1. The smallest absolute Gasteiger partial charge is 0.322 e. The molecular weight excluding hydrogens is 370 g/mol. The van der Waals surface area contributed by atoms with Gasteiger partial charge in [-0.3, -0.25) is 9.59 Å².